The molecule has 0 heterocycles. The molecule has 0 amide bonds. The van der Waals surface area contributed by atoms with Crippen LogP contribution in [-0.4, -0.2) is 11.2 Å². The predicted octanol–water partition coefficient (Wildman–Crippen LogP) is 4.48. The number of hydrogen-bond acceptors (Lipinski definition) is 3. The molecule has 3 nitrogen and oxygen atoms in total. The highest BCUT2D eigenvalue weighted by molar-refractivity contribution is 5.17. The second-order valence-corrected chi connectivity index (χ2v) is 6.24. The highest BCUT2D eigenvalue weighted by Crippen LogP contribution is 2.04. The van der Waals surface area contributed by atoms with Gasteiger partial charge in [0.15, 0.2) is 0 Å². The number of aliphatic hydroxyl groups is 1. The van der Waals surface area contributed by atoms with Gasteiger partial charge in [-0.15, -0.1) is 0 Å². The lowest BCUT2D eigenvalue weighted by Gasteiger charge is -2.04. The summed E-state index contributed by atoms with van der Waals surface area (Å²) in [6.45, 7) is 1.85. The van der Waals surface area contributed by atoms with E-state index in [-0.39, 0.29) is 0 Å². The van der Waals surface area contributed by atoms with E-state index in [0.717, 1.165) is 25.1 Å². The number of rotatable bonds is 7. The van der Waals surface area contributed by atoms with Gasteiger partial charge in [0.05, 0.1) is 6.07 Å². The van der Waals surface area contributed by atoms with Crippen molar-refractivity contribution in [2.24, 2.45) is 0 Å². The molecule has 138 valence electrons. The zero-order chi connectivity index (χ0) is 19.2. The summed E-state index contributed by atoms with van der Waals surface area (Å²) in [7, 11) is 0. The van der Waals surface area contributed by atoms with Gasteiger partial charge in [-0.1, -0.05) is 91.0 Å². The lowest BCUT2D eigenvalue weighted by molar-refractivity contribution is 0.220. The van der Waals surface area contributed by atoms with E-state index in [1.165, 1.54) is 11.1 Å². The molecule has 3 rings (SSSR count). The zero-order valence-electron chi connectivity index (χ0n) is 15.5. The lowest BCUT2D eigenvalue weighted by atomic mass is 10.1. The molecule has 3 aromatic rings. The van der Waals surface area contributed by atoms with E-state index >= 15 is 0 Å². The molecule has 3 aromatic carbocycles. The Kier molecular flexibility index (Phi) is 9.38. The van der Waals surface area contributed by atoms with E-state index in [1.54, 1.807) is 6.07 Å². The number of nitriles is 1. The van der Waals surface area contributed by atoms with Gasteiger partial charge in [-0.05, 0) is 29.5 Å². The molecule has 0 fully saturated rings. The van der Waals surface area contributed by atoms with Crippen molar-refractivity contribution >= 4 is 0 Å². The minimum atomic E-state index is -0.829. The summed E-state index contributed by atoms with van der Waals surface area (Å²) < 4.78 is 0. The summed E-state index contributed by atoms with van der Waals surface area (Å²) in [5.74, 6) is 0. The van der Waals surface area contributed by atoms with Crippen molar-refractivity contribution in [1.29, 1.82) is 5.26 Å². The van der Waals surface area contributed by atoms with E-state index in [4.69, 9.17) is 10.4 Å². The topological polar surface area (TPSA) is 56.0 Å². The van der Waals surface area contributed by atoms with Gasteiger partial charge in [0.1, 0.15) is 6.10 Å². The summed E-state index contributed by atoms with van der Waals surface area (Å²) in [6.07, 6.45) is 0.445. The van der Waals surface area contributed by atoms with Crippen molar-refractivity contribution in [3.8, 4) is 6.07 Å². The Morgan fingerprint density at radius 3 is 1.52 bits per heavy atom. The van der Waals surface area contributed by atoms with Crippen LogP contribution in [0.5, 0.6) is 0 Å². The quantitative estimate of drug-likeness (QED) is 0.612. The van der Waals surface area contributed by atoms with Gasteiger partial charge in [-0.3, -0.25) is 0 Å². The minimum Gasteiger partial charge on any atom is -0.378 e. The normalized spacial score (nSPS) is 11.0. The monoisotopic (exact) mass is 358 g/mol. The fraction of sp³-hybridized carbons (Fsp3) is 0.208. The lowest BCUT2D eigenvalue weighted by Crippen LogP contribution is -2.12. The summed E-state index contributed by atoms with van der Waals surface area (Å²) >= 11 is 0. The summed E-state index contributed by atoms with van der Waals surface area (Å²) in [4.78, 5) is 0. The summed E-state index contributed by atoms with van der Waals surface area (Å²) in [5, 5.41) is 20.7. The highest BCUT2D eigenvalue weighted by atomic mass is 16.3. The number of aryl methyl sites for hydroxylation is 1. The Labute approximate surface area is 161 Å². The van der Waals surface area contributed by atoms with Crippen LogP contribution in [0.4, 0.5) is 0 Å². The van der Waals surface area contributed by atoms with Gasteiger partial charge < -0.3 is 10.4 Å². The molecule has 3 heteroatoms. The van der Waals surface area contributed by atoms with Crippen LogP contribution in [0.15, 0.2) is 91.0 Å². The molecule has 0 spiro atoms. The smallest absolute Gasteiger partial charge is 0.140 e. The second-order valence-electron chi connectivity index (χ2n) is 6.24. The van der Waals surface area contributed by atoms with Crippen LogP contribution in [-0.2, 0) is 19.5 Å². The molecule has 0 aliphatic rings. The van der Waals surface area contributed by atoms with E-state index < -0.39 is 6.10 Å². The standard InChI is InChI=1S/C14H15N.C10H11NO/c1-3-7-13(8-4-1)11-15-12-14-9-5-2-6-10-14;11-8-10(12)7-6-9-4-2-1-3-5-9/h1-10,15H,11-12H2;1-5,10,12H,6-7H2. The molecule has 0 radical (unpaired) electrons. The van der Waals surface area contributed by atoms with Gasteiger partial charge in [-0.2, -0.15) is 5.26 Å². The first-order valence-electron chi connectivity index (χ1n) is 9.18. The van der Waals surface area contributed by atoms with E-state index in [1.807, 2.05) is 42.5 Å². The Morgan fingerprint density at radius 1 is 0.704 bits per heavy atom. The van der Waals surface area contributed by atoms with Crippen LogP contribution in [0.1, 0.15) is 23.1 Å². The minimum absolute atomic E-state index is 0.514. The average Bonchev–Trinajstić information content (AvgIpc) is 2.75. The van der Waals surface area contributed by atoms with Crippen LogP contribution in [0.3, 0.4) is 0 Å². The highest BCUT2D eigenvalue weighted by Gasteiger charge is 2.00. The van der Waals surface area contributed by atoms with Crippen molar-refractivity contribution in [3.05, 3.63) is 108 Å². The van der Waals surface area contributed by atoms with Crippen molar-refractivity contribution in [1.82, 2.24) is 5.32 Å². The third-order valence-corrected chi connectivity index (χ3v) is 4.04. The average molecular weight is 358 g/mol. The molecule has 2 N–H and O–H groups in total. The van der Waals surface area contributed by atoms with Crippen molar-refractivity contribution in [2.75, 3.05) is 0 Å². The van der Waals surface area contributed by atoms with Crippen molar-refractivity contribution in [3.63, 3.8) is 0 Å². The number of hydrogen-bond donors (Lipinski definition) is 2. The summed E-state index contributed by atoms with van der Waals surface area (Å²) in [5.41, 5.74) is 3.81. The molecule has 0 aliphatic carbocycles. The molecule has 0 saturated heterocycles. The SMILES string of the molecule is N#CC(O)CCc1ccccc1.c1ccc(CNCc2ccccc2)cc1. The fourth-order valence-corrected chi connectivity index (χ4v) is 2.56. The first-order chi connectivity index (χ1) is 13.3. The third kappa shape index (κ3) is 8.82. The van der Waals surface area contributed by atoms with Gasteiger partial charge in [0.25, 0.3) is 0 Å². The second kappa shape index (κ2) is 12.4. The number of benzene rings is 3. The fourth-order valence-electron chi connectivity index (χ4n) is 2.56. The molecule has 1 atom stereocenters. The molecular formula is C24H26N2O. The summed E-state index contributed by atoms with van der Waals surface area (Å²) in [6, 6.07) is 32.5. The number of aliphatic hydroxyl groups excluding tert-OH is 1. The van der Waals surface area contributed by atoms with Crippen LogP contribution in [0.25, 0.3) is 0 Å². The van der Waals surface area contributed by atoms with Crippen molar-refractivity contribution < 1.29 is 5.11 Å². The largest absolute Gasteiger partial charge is 0.378 e. The first-order valence-corrected chi connectivity index (χ1v) is 9.18. The number of nitrogens with one attached hydrogen (secondary N) is 1. The van der Waals surface area contributed by atoms with E-state index in [0.29, 0.717) is 6.42 Å². The number of nitrogens with zero attached hydrogens (tertiary/aromatic N) is 1. The molecule has 0 aliphatic heterocycles. The van der Waals surface area contributed by atoms with Crippen LogP contribution in [0, 0.1) is 11.3 Å². The maximum absolute atomic E-state index is 8.96. The van der Waals surface area contributed by atoms with Crippen LogP contribution < -0.4 is 5.32 Å². The van der Waals surface area contributed by atoms with Crippen molar-refractivity contribution in [2.45, 2.75) is 32.0 Å². The Morgan fingerprint density at radius 2 is 1.11 bits per heavy atom. The Balaban J connectivity index is 0.000000199. The maximum Gasteiger partial charge on any atom is 0.140 e. The third-order valence-electron chi connectivity index (χ3n) is 4.04. The van der Waals surface area contributed by atoms with Gasteiger partial charge in [0, 0.05) is 13.1 Å². The van der Waals surface area contributed by atoms with Crippen LogP contribution >= 0.6 is 0 Å². The van der Waals surface area contributed by atoms with Gasteiger partial charge >= 0.3 is 0 Å². The molecule has 0 saturated carbocycles. The van der Waals surface area contributed by atoms with Gasteiger partial charge in [0.2, 0.25) is 0 Å². The van der Waals surface area contributed by atoms with Gasteiger partial charge in [-0.25, -0.2) is 0 Å². The maximum atomic E-state index is 8.96. The molecule has 1 unspecified atom stereocenters. The Bertz CT molecular complexity index is 743. The van der Waals surface area contributed by atoms with E-state index in [2.05, 4.69) is 53.8 Å². The molecule has 0 bridgehead atoms. The zero-order valence-corrected chi connectivity index (χ0v) is 15.5. The Hall–Kier alpha value is -2.93. The molecule has 27 heavy (non-hydrogen) atoms. The first kappa shape index (κ1) is 20.4. The predicted molar refractivity (Wildman–Crippen MR) is 110 cm³/mol. The van der Waals surface area contributed by atoms with E-state index in [9.17, 15) is 0 Å². The molecular weight excluding hydrogens is 332 g/mol. The molecule has 0 aromatic heterocycles. The van der Waals surface area contributed by atoms with Crippen LogP contribution in [0.2, 0.25) is 0 Å².